The van der Waals surface area contributed by atoms with E-state index in [1.807, 2.05) is 0 Å². The van der Waals surface area contributed by atoms with E-state index in [0.717, 1.165) is 36.6 Å². The summed E-state index contributed by atoms with van der Waals surface area (Å²) in [6.45, 7) is 8.83. The van der Waals surface area contributed by atoms with E-state index >= 15 is 0 Å². The zero-order chi connectivity index (χ0) is 13.5. The Kier molecular flexibility index (Phi) is 5.89. The van der Waals surface area contributed by atoms with Crippen LogP contribution in [0.15, 0.2) is 6.33 Å². The average molecular weight is 250 g/mol. The number of aromatic nitrogens is 2. The van der Waals surface area contributed by atoms with Crippen LogP contribution in [-0.4, -0.2) is 16.0 Å². The molecule has 18 heavy (non-hydrogen) atoms. The lowest BCUT2D eigenvalue weighted by atomic mass is 10.00. The number of nitrogens with one attached hydrogen (secondary N) is 1. The molecule has 1 rings (SSSR count). The number of nitrogens with zero attached hydrogens (tertiary/aromatic N) is 2. The van der Waals surface area contributed by atoms with Crippen LogP contribution in [0.2, 0.25) is 0 Å². The van der Waals surface area contributed by atoms with Crippen molar-refractivity contribution in [2.45, 2.75) is 59.4 Å². The second-order valence-corrected chi connectivity index (χ2v) is 5.13. The highest BCUT2D eigenvalue weighted by atomic mass is 15.1. The van der Waals surface area contributed by atoms with Gasteiger partial charge in [-0.05, 0) is 25.7 Å². The third-order valence-electron chi connectivity index (χ3n) is 3.31. The quantitative estimate of drug-likeness (QED) is 0.779. The van der Waals surface area contributed by atoms with E-state index < -0.39 is 0 Å². The van der Waals surface area contributed by atoms with Crippen molar-refractivity contribution in [3.8, 4) is 0 Å². The summed E-state index contributed by atoms with van der Waals surface area (Å²) in [7, 11) is 0. The van der Waals surface area contributed by atoms with Crippen molar-refractivity contribution in [2.75, 3.05) is 11.1 Å². The molecule has 0 saturated carbocycles. The topological polar surface area (TPSA) is 63.8 Å². The molecule has 3 N–H and O–H groups in total. The maximum atomic E-state index is 5.92. The summed E-state index contributed by atoms with van der Waals surface area (Å²) in [5, 5.41) is 3.47. The Hall–Kier alpha value is -1.32. The predicted octanol–water partition coefficient (Wildman–Crippen LogP) is 3.25. The van der Waals surface area contributed by atoms with Crippen molar-refractivity contribution in [1.82, 2.24) is 9.97 Å². The van der Waals surface area contributed by atoms with Crippen LogP contribution in [-0.2, 0) is 6.42 Å². The molecule has 1 aromatic heterocycles. The molecule has 102 valence electrons. The van der Waals surface area contributed by atoms with E-state index in [-0.39, 0.29) is 0 Å². The molecule has 0 fully saturated rings. The molecule has 0 bridgehead atoms. The van der Waals surface area contributed by atoms with Crippen molar-refractivity contribution in [3.63, 3.8) is 0 Å². The normalized spacial score (nSPS) is 14.2. The van der Waals surface area contributed by atoms with Crippen LogP contribution in [0, 0.1) is 5.92 Å². The molecule has 2 atom stereocenters. The van der Waals surface area contributed by atoms with Crippen molar-refractivity contribution < 1.29 is 0 Å². The van der Waals surface area contributed by atoms with Gasteiger partial charge in [-0.25, -0.2) is 9.97 Å². The number of nitrogen functional groups attached to an aromatic ring is 1. The smallest absolute Gasteiger partial charge is 0.134 e. The minimum Gasteiger partial charge on any atom is -0.383 e. The van der Waals surface area contributed by atoms with Crippen LogP contribution in [0.5, 0.6) is 0 Å². The molecule has 0 aliphatic carbocycles. The Labute approximate surface area is 110 Å². The second kappa shape index (κ2) is 7.19. The first-order chi connectivity index (χ1) is 8.58. The third kappa shape index (κ3) is 4.17. The van der Waals surface area contributed by atoms with Crippen LogP contribution in [0.4, 0.5) is 11.6 Å². The van der Waals surface area contributed by atoms with E-state index in [4.69, 9.17) is 5.73 Å². The molecule has 0 aliphatic rings. The summed E-state index contributed by atoms with van der Waals surface area (Å²) < 4.78 is 0. The summed E-state index contributed by atoms with van der Waals surface area (Å²) in [5.41, 5.74) is 6.97. The van der Waals surface area contributed by atoms with Gasteiger partial charge in [-0.1, -0.05) is 33.6 Å². The molecule has 0 amide bonds. The molecular formula is C14H26N4. The lowest BCUT2D eigenvalue weighted by molar-refractivity contribution is 0.483. The molecule has 0 spiro atoms. The monoisotopic (exact) mass is 250 g/mol. The highest BCUT2D eigenvalue weighted by molar-refractivity contribution is 5.55. The van der Waals surface area contributed by atoms with E-state index in [2.05, 4.69) is 43.0 Å². The Balaban J connectivity index is 2.74. The summed E-state index contributed by atoms with van der Waals surface area (Å²) in [5.74, 6) is 2.23. The minimum absolute atomic E-state index is 0.407. The van der Waals surface area contributed by atoms with Gasteiger partial charge in [0, 0.05) is 11.6 Å². The summed E-state index contributed by atoms with van der Waals surface area (Å²) >= 11 is 0. The van der Waals surface area contributed by atoms with E-state index in [1.165, 1.54) is 12.7 Å². The lowest BCUT2D eigenvalue weighted by Gasteiger charge is -2.20. The predicted molar refractivity (Wildman–Crippen MR) is 77.6 cm³/mol. The van der Waals surface area contributed by atoms with Crippen molar-refractivity contribution in [3.05, 3.63) is 11.9 Å². The van der Waals surface area contributed by atoms with E-state index in [0.29, 0.717) is 11.9 Å². The second-order valence-electron chi connectivity index (χ2n) is 5.13. The van der Waals surface area contributed by atoms with Crippen LogP contribution in [0.3, 0.4) is 0 Å². The zero-order valence-electron chi connectivity index (χ0n) is 12.0. The van der Waals surface area contributed by atoms with Gasteiger partial charge in [0.25, 0.3) is 0 Å². The maximum absolute atomic E-state index is 5.92. The van der Waals surface area contributed by atoms with Crippen LogP contribution < -0.4 is 11.1 Å². The first-order valence-electron chi connectivity index (χ1n) is 6.94. The van der Waals surface area contributed by atoms with E-state index in [9.17, 15) is 0 Å². The first kappa shape index (κ1) is 14.7. The third-order valence-corrected chi connectivity index (χ3v) is 3.31. The minimum atomic E-state index is 0.407. The van der Waals surface area contributed by atoms with Gasteiger partial charge < -0.3 is 11.1 Å². The molecule has 0 aliphatic heterocycles. The molecule has 0 radical (unpaired) electrons. The molecule has 1 heterocycles. The summed E-state index contributed by atoms with van der Waals surface area (Å²) in [6, 6.07) is 0.407. The van der Waals surface area contributed by atoms with Crippen LogP contribution in [0.1, 0.15) is 52.5 Å². The van der Waals surface area contributed by atoms with Gasteiger partial charge in [0.2, 0.25) is 0 Å². The molecule has 4 nitrogen and oxygen atoms in total. The lowest BCUT2D eigenvalue weighted by Crippen LogP contribution is -2.20. The Morgan fingerprint density at radius 3 is 2.61 bits per heavy atom. The fourth-order valence-electron chi connectivity index (χ4n) is 2.11. The molecule has 2 unspecified atom stereocenters. The number of hydrogen-bond acceptors (Lipinski definition) is 4. The standard InChI is InChI=1S/C14H26N4/c1-5-7-12-13(15)16-9-17-14(12)18-11(4)8-10(3)6-2/h9-11H,5-8H2,1-4H3,(H3,15,16,17,18). The maximum Gasteiger partial charge on any atom is 0.134 e. The van der Waals surface area contributed by atoms with Gasteiger partial charge in [0.1, 0.15) is 18.0 Å². The summed E-state index contributed by atoms with van der Waals surface area (Å²) in [4.78, 5) is 8.40. The van der Waals surface area contributed by atoms with Gasteiger partial charge in [-0.2, -0.15) is 0 Å². The zero-order valence-corrected chi connectivity index (χ0v) is 12.0. The SMILES string of the molecule is CCCc1c(N)ncnc1NC(C)CC(C)CC. The number of anilines is 2. The number of rotatable bonds is 7. The Morgan fingerprint density at radius 2 is 2.00 bits per heavy atom. The van der Waals surface area contributed by atoms with Crippen molar-refractivity contribution >= 4 is 11.6 Å². The molecular weight excluding hydrogens is 224 g/mol. The van der Waals surface area contributed by atoms with Gasteiger partial charge in [0.05, 0.1) is 0 Å². The average Bonchev–Trinajstić information content (AvgIpc) is 2.33. The Morgan fingerprint density at radius 1 is 1.28 bits per heavy atom. The highest BCUT2D eigenvalue weighted by Gasteiger charge is 2.12. The largest absolute Gasteiger partial charge is 0.383 e. The van der Waals surface area contributed by atoms with Gasteiger partial charge in [-0.15, -0.1) is 0 Å². The fourth-order valence-corrected chi connectivity index (χ4v) is 2.11. The van der Waals surface area contributed by atoms with Crippen LogP contribution >= 0.6 is 0 Å². The number of nitrogens with two attached hydrogens (primary N) is 1. The first-order valence-corrected chi connectivity index (χ1v) is 6.94. The Bertz CT molecular complexity index is 365. The van der Waals surface area contributed by atoms with Crippen molar-refractivity contribution in [1.29, 1.82) is 0 Å². The van der Waals surface area contributed by atoms with Gasteiger partial charge in [0.15, 0.2) is 0 Å². The van der Waals surface area contributed by atoms with Gasteiger partial charge >= 0.3 is 0 Å². The van der Waals surface area contributed by atoms with E-state index in [1.54, 1.807) is 0 Å². The summed E-state index contributed by atoms with van der Waals surface area (Å²) in [6.07, 6.45) is 5.86. The molecule has 4 heteroatoms. The molecule has 1 aromatic rings. The molecule has 0 saturated heterocycles. The highest BCUT2D eigenvalue weighted by Crippen LogP contribution is 2.21. The molecule has 0 aromatic carbocycles. The van der Waals surface area contributed by atoms with Gasteiger partial charge in [-0.3, -0.25) is 0 Å². The fraction of sp³-hybridized carbons (Fsp3) is 0.714. The number of hydrogen-bond donors (Lipinski definition) is 2. The van der Waals surface area contributed by atoms with Crippen molar-refractivity contribution in [2.24, 2.45) is 5.92 Å². The van der Waals surface area contributed by atoms with Crippen LogP contribution in [0.25, 0.3) is 0 Å².